The van der Waals surface area contributed by atoms with Crippen molar-refractivity contribution in [1.82, 2.24) is 4.84 Å². The third-order valence-corrected chi connectivity index (χ3v) is 2.48. The molecule has 0 aliphatic heterocycles. The second-order valence-corrected chi connectivity index (χ2v) is 4.07. The van der Waals surface area contributed by atoms with Crippen LogP contribution in [0.1, 0.15) is 38.5 Å². The first-order valence-electron chi connectivity index (χ1n) is 5.69. The lowest BCUT2D eigenvalue weighted by Crippen LogP contribution is -2.22. The Kier molecular flexibility index (Phi) is 9.56. The number of nitrogens with two attached hydrogens (primary N) is 2. The number of aliphatic imine (C=N–C) groups is 1. The molecule has 0 aliphatic carbocycles. The molecular formula is C10H21ClN4O2. The number of halogens is 1. The highest BCUT2D eigenvalue weighted by atomic mass is 35.5. The summed E-state index contributed by atoms with van der Waals surface area (Å²) >= 11 is 5.10. The molecule has 0 bridgehead atoms. The molecule has 0 aliphatic rings. The number of amides is 1. The molecule has 1 amide bonds. The first-order chi connectivity index (χ1) is 8.06. The number of hydrogen-bond acceptors (Lipinski definition) is 3. The van der Waals surface area contributed by atoms with Crippen LogP contribution in [0.15, 0.2) is 4.99 Å². The molecule has 0 radical (unpaired) electrons. The first kappa shape index (κ1) is 16.0. The maximum absolute atomic E-state index is 10.8. The zero-order valence-electron chi connectivity index (χ0n) is 9.86. The van der Waals surface area contributed by atoms with Crippen molar-refractivity contribution in [2.75, 3.05) is 6.54 Å². The highest BCUT2D eigenvalue weighted by Gasteiger charge is 2.09. The number of nitrogens with one attached hydrogen (secondary N) is 1. The molecule has 0 aromatic carbocycles. The Bertz CT molecular complexity index is 244. The molecule has 0 heterocycles. The predicted molar refractivity (Wildman–Crippen MR) is 68.4 cm³/mol. The van der Waals surface area contributed by atoms with E-state index in [1.54, 1.807) is 0 Å². The average Bonchev–Trinajstić information content (AvgIpc) is 2.27. The fraction of sp³-hybridized carbons (Fsp3) is 0.800. The summed E-state index contributed by atoms with van der Waals surface area (Å²) in [6, 6.07) is 0. The van der Waals surface area contributed by atoms with E-state index < -0.39 is 6.10 Å². The largest absolute Gasteiger partial charge is 0.393 e. The van der Waals surface area contributed by atoms with Crippen LogP contribution in [-0.2, 0) is 4.79 Å². The van der Waals surface area contributed by atoms with Crippen LogP contribution in [-0.4, -0.2) is 29.6 Å². The van der Waals surface area contributed by atoms with Crippen LogP contribution >= 0.6 is 11.8 Å². The smallest absolute Gasteiger partial charge is 0.236 e. The normalized spacial score (nSPS) is 11.9. The van der Waals surface area contributed by atoms with E-state index in [0.717, 1.165) is 25.7 Å². The summed E-state index contributed by atoms with van der Waals surface area (Å²) in [5.41, 5.74) is 10.4. The number of aliphatic hydroxyl groups is 1. The van der Waals surface area contributed by atoms with E-state index >= 15 is 0 Å². The quantitative estimate of drug-likeness (QED) is 0.207. The van der Waals surface area contributed by atoms with Crippen molar-refractivity contribution in [3.63, 3.8) is 0 Å². The third kappa shape index (κ3) is 11.3. The van der Waals surface area contributed by atoms with Crippen LogP contribution in [0.25, 0.3) is 0 Å². The van der Waals surface area contributed by atoms with Gasteiger partial charge in [-0.05, 0) is 12.8 Å². The molecule has 7 heteroatoms. The monoisotopic (exact) mass is 264 g/mol. The Morgan fingerprint density at radius 2 is 1.94 bits per heavy atom. The standard InChI is InChI=1S/C10H21ClN4O2/c11-15-9(17)7-8(16)5-3-1-2-4-6-14-10(12)13/h8,16H,1-7H2,(H,15,17)(H4,12,13,14). The maximum atomic E-state index is 10.8. The van der Waals surface area contributed by atoms with Gasteiger partial charge in [-0.2, -0.15) is 0 Å². The van der Waals surface area contributed by atoms with Crippen LogP contribution in [0.3, 0.4) is 0 Å². The summed E-state index contributed by atoms with van der Waals surface area (Å²) in [6.45, 7) is 0.638. The van der Waals surface area contributed by atoms with Crippen LogP contribution < -0.4 is 16.3 Å². The van der Waals surface area contributed by atoms with Gasteiger partial charge in [0.15, 0.2) is 5.96 Å². The Balaban J connectivity index is 3.33. The highest BCUT2D eigenvalue weighted by molar-refractivity contribution is 6.21. The minimum atomic E-state index is -0.619. The molecular weight excluding hydrogens is 244 g/mol. The summed E-state index contributed by atoms with van der Waals surface area (Å²) in [6.07, 6.45) is 3.83. The molecule has 0 aromatic rings. The second-order valence-electron chi connectivity index (χ2n) is 3.89. The van der Waals surface area contributed by atoms with Crippen molar-refractivity contribution in [3.05, 3.63) is 0 Å². The van der Waals surface area contributed by atoms with E-state index in [1.165, 1.54) is 0 Å². The van der Waals surface area contributed by atoms with Gasteiger partial charge in [-0.15, -0.1) is 0 Å². The zero-order chi connectivity index (χ0) is 13.1. The van der Waals surface area contributed by atoms with Gasteiger partial charge >= 0.3 is 0 Å². The van der Waals surface area contributed by atoms with Gasteiger partial charge in [0, 0.05) is 18.3 Å². The van der Waals surface area contributed by atoms with Crippen molar-refractivity contribution in [2.45, 2.75) is 44.6 Å². The van der Waals surface area contributed by atoms with Gasteiger partial charge in [0.1, 0.15) is 0 Å². The fourth-order valence-electron chi connectivity index (χ4n) is 1.41. The zero-order valence-corrected chi connectivity index (χ0v) is 10.6. The molecule has 0 saturated heterocycles. The van der Waals surface area contributed by atoms with Gasteiger partial charge < -0.3 is 16.6 Å². The van der Waals surface area contributed by atoms with Crippen molar-refractivity contribution in [3.8, 4) is 0 Å². The lowest BCUT2D eigenvalue weighted by atomic mass is 10.1. The van der Waals surface area contributed by atoms with E-state index in [1.807, 2.05) is 4.84 Å². The van der Waals surface area contributed by atoms with Crippen molar-refractivity contribution < 1.29 is 9.90 Å². The molecule has 0 fully saturated rings. The number of carbonyl (C=O) groups is 1. The number of guanidine groups is 1. The topological polar surface area (TPSA) is 114 Å². The SMILES string of the molecule is NC(N)=NCCCCCCC(O)CC(=O)NCl. The first-order valence-corrected chi connectivity index (χ1v) is 6.07. The number of rotatable bonds is 9. The molecule has 0 saturated carbocycles. The van der Waals surface area contributed by atoms with Crippen LogP contribution in [0.4, 0.5) is 0 Å². The lowest BCUT2D eigenvalue weighted by Gasteiger charge is -2.08. The molecule has 0 aromatic heterocycles. The minimum absolute atomic E-state index is 0.0531. The van der Waals surface area contributed by atoms with Crippen LogP contribution in [0, 0.1) is 0 Å². The van der Waals surface area contributed by atoms with Gasteiger partial charge in [0.25, 0.3) is 0 Å². The summed E-state index contributed by atoms with van der Waals surface area (Å²) in [4.78, 5) is 16.6. The number of aliphatic hydroxyl groups excluding tert-OH is 1. The van der Waals surface area contributed by atoms with Gasteiger partial charge in [0.05, 0.1) is 12.5 Å². The number of nitrogens with zero attached hydrogens (tertiary/aromatic N) is 1. The Morgan fingerprint density at radius 3 is 2.53 bits per heavy atom. The molecule has 0 rings (SSSR count). The molecule has 6 nitrogen and oxygen atoms in total. The number of unbranched alkanes of at least 4 members (excludes halogenated alkanes) is 3. The molecule has 17 heavy (non-hydrogen) atoms. The van der Waals surface area contributed by atoms with E-state index in [-0.39, 0.29) is 18.3 Å². The third-order valence-electron chi connectivity index (χ3n) is 2.27. The van der Waals surface area contributed by atoms with Crippen LogP contribution in [0.5, 0.6) is 0 Å². The minimum Gasteiger partial charge on any atom is -0.393 e. The van der Waals surface area contributed by atoms with Crippen molar-refractivity contribution in [2.24, 2.45) is 16.5 Å². The Hall–Kier alpha value is -1.01. The van der Waals surface area contributed by atoms with E-state index in [2.05, 4.69) is 4.99 Å². The van der Waals surface area contributed by atoms with Crippen LogP contribution in [0.2, 0.25) is 0 Å². The van der Waals surface area contributed by atoms with Crippen molar-refractivity contribution >= 4 is 23.6 Å². The number of carbonyl (C=O) groups excluding carboxylic acids is 1. The Morgan fingerprint density at radius 1 is 1.29 bits per heavy atom. The van der Waals surface area contributed by atoms with E-state index in [9.17, 15) is 9.90 Å². The van der Waals surface area contributed by atoms with E-state index in [4.69, 9.17) is 23.2 Å². The highest BCUT2D eigenvalue weighted by Crippen LogP contribution is 2.08. The fourth-order valence-corrected chi connectivity index (χ4v) is 1.49. The molecule has 1 unspecified atom stereocenters. The van der Waals surface area contributed by atoms with Gasteiger partial charge in [-0.25, -0.2) is 0 Å². The predicted octanol–water partition coefficient (Wildman–Crippen LogP) is 0.231. The van der Waals surface area contributed by atoms with Gasteiger partial charge in [-0.3, -0.25) is 14.6 Å². The van der Waals surface area contributed by atoms with Crippen molar-refractivity contribution in [1.29, 1.82) is 0 Å². The number of hydrogen-bond donors (Lipinski definition) is 4. The molecule has 6 N–H and O–H groups in total. The Labute approximate surface area is 107 Å². The summed E-state index contributed by atoms with van der Waals surface area (Å²) in [7, 11) is 0. The van der Waals surface area contributed by atoms with Gasteiger partial charge in [-0.1, -0.05) is 19.3 Å². The maximum Gasteiger partial charge on any atom is 0.236 e. The molecule has 0 spiro atoms. The second kappa shape index (κ2) is 10.2. The molecule has 1 atom stereocenters. The summed E-state index contributed by atoms with van der Waals surface area (Å²) < 4.78 is 0. The van der Waals surface area contributed by atoms with E-state index in [0.29, 0.717) is 13.0 Å². The molecule has 100 valence electrons. The van der Waals surface area contributed by atoms with Gasteiger partial charge in [0.2, 0.25) is 5.91 Å². The average molecular weight is 265 g/mol. The summed E-state index contributed by atoms with van der Waals surface area (Å²) in [5.74, 6) is -0.237. The summed E-state index contributed by atoms with van der Waals surface area (Å²) in [5, 5.41) is 9.45. The lowest BCUT2D eigenvalue weighted by molar-refractivity contribution is -0.121.